The van der Waals surface area contributed by atoms with Crippen molar-refractivity contribution in [2.45, 2.75) is 90.1 Å². The van der Waals surface area contributed by atoms with Gasteiger partial charge in [-0.25, -0.2) is 27.7 Å². The Hall–Kier alpha value is -2.56. The van der Waals surface area contributed by atoms with Gasteiger partial charge in [-0.05, 0) is 93.9 Å². The molecular formula is C31H45N5O4S. The molecule has 9 nitrogen and oxygen atoms in total. The van der Waals surface area contributed by atoms with Crippen LogP contribution in [0, 0.1) is 5.92 Å². The number of aliphatic hydroxyl groups is 1. The number of sulfonamides is 1. The fourth-order valence-electron chi connectivity index (χ4n) is 6.13. The van der Waals surface area contributed by atoms with E-state index in [0.717, 1.165) is 81.0 Å². The number of piperidine rings is 2. The van der Waals surface area contributed by atoms with Crippen LogP contribution in [-0.2, 0) is 22.9 Å². The third kappa shape index (κ3) is 7.84. The van der Waals surface area contributed by atoms with Gasteiger partial charge in [-0.1, -0.05) is 19.4 Å². The lowest BCUT2D eigenvalue weighted by Crippen LogP contribution is -2.39. The van der Waals surface area contributed by atoms with Crippen molar-refractivity contribution in [2.75, 3.05) is 36.8 Å². The van der Waals surface area contributed by atoms with Crippen molar-refractivity contribution in [1.29, 1.82) is 0 Å². The topological polar surface area (TPSA) is 113 Å². The van der Waals surface area contributed by atoms with E-state index in [1.54, 1.807) is 18.2 Å². The van der Waals surface area contributed by atoms with E-state index < -0.39 is 15.6 Å². The second-order valence-electron chi connectivity index (χ2n) is 12.5. The molecule has 0 bridgehead atoms. The molecule has 2 aromatic heterocycles. The Morgan fingerprint density at radius 1 is 1.05 bits per heavy atom. The van der Waals surface area contributed by atoms with E-state index in [1.807, 2.05) is 18.5 Å². The van der Waals surface area contributed by atoms with Crippen molar-refractivity contribution in [2.24, 2.45) is 5.92 Å². The van der Waals surface area contributed by atoms with Gasteiger partial charge >= 0.3 is 0 Å². The number of nitrogens with zero attached hydrogens (tertiary/aromatic N) is 5. The summed E-state index contributed by atoms with van der Waals surface area (Å²) in [5.74, 6) is 2.54. The van der Waals surface area contributed by atoms with Crippen LogP contribution in [0.4, 0.5) is 5.95 Å². The van der Waals surface area contributed by atoms with Crippen molar-refractivity contribution in [3.05, 3.63) is 47.6 Å². The SMILES string of the molecule is CCCc1cnc(N2CCC(Cc3nc4ccc(C5CCN(S(=O)(=O)CCCC(C)(C)O)CC5)cc4o3)CC2)nc1. The zero-order chi connectivity index (χ0) is 29.0. The third-order valence-corrected chi connectivity index (χ3v) is 10.5. The van der Waals surface area contributed by atoms with Crippen molar-refractivity contribution in [1.82, 2.24) is 19.3 Å². The van der Waals surface area contributed by atoms with E-state index >= 15 is 0 Å². The maximum atomic E-state index is 12.8. The van der Waals surface area contributed by atoms with E-state index in [1.165, 1.54) is 11.1 Å². The first-order valence-corrected chi connectivity index (χ1v) is 16.9. The molecule has 4 heterocycles. The summed E-state index contributed by atoms with van der Waals surface area (Å²) in [5, 5.41) is 9.89. The van der Waals surface area contributed by atoms with Gasteiger partial charge in [0.15, 0.2) is 11.5 Å². The summed E-state index contributed by atoms with van der Waals surface area (Å²) >= 11 is 0. The number of aryl methyl sites for hydroxylation is 1. The number of hydrogen-bond acceptors (Lipinski definition) is 8. The zero-order valence-electron chi connectivity index (χ0n) is 24.8. The molecule has 224 valence electrons. The monoisotopic (exact) mass is 583 g/mol. The molecule has 0 atom stereocenters. The molecule has 2 aliphatic rings. The Morgan fingerprint density at radius 3 is 2.41 bits per heavy atom. The highest BCUT2D eigenvalue weighted by molar-refractivity contribution is 7.89. The fourth-order valence-corrected chi connectivity index (χ4v) is 7.66. The Bertz CT molecular complexity index is 1380. The van der Waals surface area contributed by atoms with Gasteiger partial charge in [0.25, 0.3) is 0 Å². The Labute approximate surface area is 244 Å². The number of rotatable bonds is 11. The van der Waals surface area contributed by atoms with Crippen LogP contribution in [0.1, 0.15) is 88.7 Å². The van der Waals surface area contributed by atoms with E-state index in [0.29, 0.717) is 37.8 Å². The van der Waals surface area contributed by atoms with Crippen LogP contribution >= 0.6 is 0 Å². The van der Waals surface area contributed by atoms with Crippen molar-refractivity contribution in [3.8, 4) is 0 Å². The molecule has 5 rings (SSSR count). The highest BCUT2D eigenvalue weighted by Crippen LogP contribution is 2.32. The van der Waals surface area contributed by atoms with E-state index in [4.69, 9.17) is 9.40 Å². The van der Waals surface area contributed by atoms with Crippen LogP contribution in [0.2, 0.25) is 0 Å². The minimum Gasteiger partial charge on any atom is -0.441 e. The molecule has 0 unspecified atom stereocenters. The van der Waals surface area contributed by atoms with Gasteiger partial charge in [-0.2, -0.15) is 0 Å². The van der Waals surface area contributed by atoms with Crippen LogP contribution in [0.3, 0.4) is 0 Å². The molecule has 1 N–H and O–H groups in total. The maximum absolute atomic E-state index is 12.8. The molecule has 1 aromatic carbocycles. The lowest BCUT2D eigenvalue weighted by Gasteiger charge is -2.31. The van der Waals surface area contributed by atoms with Crippen molar-refractivity contribution in [3.63, 3.8) is 0 Å². The molecule has 2 fully saturated rings. The summed E-state index contributed by atoms with van der Waals surface area (Å²) in [6, 6.07) is 6.27. The fraction of sp³-hybridized carbons (Fsp3) is 0.645. The van der Waals surface area contributed by atoms with Gasteiger partial charge in [0.1, 0.15) is 5.52 Å². The minimum atomic E-state index is -3.30. The lowest BCUT2D eigenvalue weighted by molar-refractivity contribution is 0.0704. The first-order chi connectivity index (χ1) is 19.6. The van der Waals surface area contributed by atoms with E-state index in [2.05, 4.69) is 33.9 Å². The van der Waals surface area contributed by atoms with Crippen LogP contribution < -0.4 is 4.90 Å². The van der Waals surface area contributed by atoms with Crippen molar-refractivity contribution < 1.29 is 17.9 Å². The van der Waals surface area contributed by atoms with Gasteiger partial charge < -0.3 is 14.4 Å². The molecule has 2 saturated heterocycles. The molecule has 2 aliphatic heterocycles. The Balaban J connectivity index is 1.12. The number of fused-ring (bicyclic) bond motifs is 1. The quantitative estimate of drug-likeness (QED) is 0.332. The van der Waals surface area contributed by atoms with Crippen LogP contribution in [0.5, 0.6) is 0 Å². The van der Waals surface area contributed by atoms with Crippen LogP contribution in [0.15, 0.2) is 35.0 Å². The molecule has 0 amide bonds. The minimum absolute atomic E-state index is 0.0907. The number of benzene rings is 1. The number of hydrogen-bond donors (Lipinski definition) is 1. The molecular weight excluding hydrogens is 538 g/mol. The summed E-state index contributed by atoms with van der Waals surface area (Å²) in [7, 11) is -3.30. The second-order valence-corrected chi connectivity index (χ2v) is 14.6. The average molecular weight is 584 g/mol. The summed E-state index contributed by atoms with van der Waals surface area (Å²) in [4.78, 5) is 16.2. The largest absolute Gasteiger partial charge is 0.441 e. The standard InChI is InChI=1S/C31H45N5O4S/c1-4-6-24-21-32-30(33-22-24)35-14-9-23(10-15-35)19-29-34-27-8-7-26(20-28(27)40-29)25-11-16-36(17-12-25)41(38,39)18-5-13-31(2,3)37/h7-8,20-23,25,37H,4-6,9-19H2,1-3H3. The second kappa shape index (κ2) is 12.8. The van der Waals surface area contributed by atoms with Gasteiger partial charge in [0, 0.05) is 45.0 Å². The smallest absolute Gasteiger partial charge is 0.225 e. The normalized spacial score (nSPS) is 18.4. The van der Waals surface area contributed by atoms with Gasteiger partial charge in [-0.3, -0.25) is 0 Å². The Kier molecular flexibility index (Phi) is 9.30. The maximum Gasteiger partial charge on any atom is 0.225 e. The summed E-state index contributed by atoms with van der Waals surface area (Å²) in [6.07, 6.45) is 11.5. The van der Waals surface area contributed by atoms with Gasteiger partial charge in [0.05, 0.1) is 11.4 Å². The highest BCUT2D eigenvalue weighted by atomic mass is 32.2. The average Bonchev–Trinajstić information content (AvgIpc) is 3.35. The molecule has 0 spiro atoms. The number of oxazole rings is 1. The highest BCUT2D eigenvalue weighted by Gasteiger charge is 2.29. The molecule has 41 heavy (non-hydrogen) atoms. The van der Waals surface area contributed by atoms with Crippen LogP contribution in [0.25, 0.3) is 11.1 Å². The van der Waals surface area contributed by atoms with Crippen LogP contribution in [-0.4, -0.2) is 70.3 Å². The first kappa shape index (κ1) is 29.9. The van der Waals surface area contributed by atoms with Crippen molar-refractivity contribution >= 4 is 27.1 Å². The predicted octanol–water partition coefficient (Wildman–Crippen LogP) is 5.09. The van der Waals surface area contributed by atoms with Gasteiger partial charge in [0.2, 0.25) is 16.0 Å². The third-order valence-electron chi connectivity index (χ3n) is 8.56. The summed E-state index contributed by atoms with van der Waals surface area (Å²) in [6.45, 7) is 8.54. The zero-order valence-corrected chi connectivity index (χ0v) is 25.6. The first-order valence-electron chi connectivity index (χ1n) is 15.2. The van der Waals surface area contributed by atoms with E-state index in [9.17, 15) is 13.5 Å². The molecule has 0 radical (unpaired) electrons. The summed E-state index contributed by atoms with van der Waals surface area (Å²) < 4.78 is 33.4. The molecule has 3 aromatic rings. The lowest BCUT2D eigenvalue weighted by atomic mass is 9.90. The van der Waals surface area contributed by atoms with E-state index in [-0.39, 0.29) is 5.75 Å². The predicted molar refractivity (Wildman–Crippen MR) is 162 cm³/mol. The molecule has 10 heteroatoms. The van der Waals surface area contributed by atoms with Gasteiger partial charge in [-0.15, -0.1) is 0 Å². The molecule has 0 saturated carbocycles. The summed E-state index contributed by atoms with van der Waals surface area (Å²) in [5.41, 5.74) is 3.25. The molecule has 0 aliphatic carbocycles. The number of aromatic nitrogens is 3. The Morgan fingerprint density at radius 2 is 1.76 bits per heavy atom. The number of anilines is 1.